The standard InChI is InChI=1S/C17H21N3O3/c1-3-5-6-10-20-16(22)13-8-7-12(15(21)18-9-4-2)11-14(13)19-17(20)23/h4,7-8,11,13H,2-3,5-6,9-10H2,1H3,(H,18,21). The van der Waals surface area contributed by atoms with Gasteiger partial charge in [-0.05, 0) is 12.5 Å². The highest BCUT2D eigenvalue weighted by atomic mass is 16.2. The van der Waals surface area contributed by atoms with E-state index in [4.69, 9.17) is 0 Å². The van der Waals surface area contributed by atoms with Crippen LogP contribution in [0.5, 0.6) is 0 Å². The lowest BCUT2D eigenvalue weighted by Gasteiger charge is -2.28. The number of imide groups is 1. The maximum atomic E-state index is 12.4. The van der Waals surface area contributed by atoms with Crippen molar-refractivity contribution in [3.05, 3.63) is 36.5 Å². The van der Waals surface area contributed by atoms with E-state index >= 15 is 0 Å². The van der Waals surface area contributed by atoms with Gasteiger partial charge in [-0.2, -0.15) is 4.99 Å². The lowest BCUT2D eigenvalue weighted by atomic mass is 9.91. The first-order valence-corrected chi connectivity index (χ1v) is 7.81. The number of fused-ring (bicyclic) bond motifs is 1. The molecular weight excluding hydrogens is 294 g/mol. The Morgan fingerprint density at radius 1 is 1.43 bits per heavy atom. The van der Waals surface area contributed by atoms with Crippen LogP contribution in [-0.4, -0.2) is 41.5 Å². The number of hydrogen-bond donors (Lipinski definition) is 1. The van der Waals surface area contributed by atoms with Crippen molar-refractivity contribution in [3.63, 3.8) is 0 Å². The Kier molecular flexibility index (Phi) is 5.62. The molecular formula is C17H21N3O3. The molecule has 1 aliphatic carbocycles. The number of aliphatic imine (C=N–C) groups is 1. The van der Waals surface area contributed by atoms with Crippen LogP contribution in [0, 0.1) is 5.92 Å². The number of allylic oxidation sites excluding steroid dienone is 1. The molecule has 6 nitrogen and oxygen atoms in total. The van der Waals surface area contributed by atoms with Crippen molar-refractivity contribution < 1.29 is 14.4 Å². The average molecular weight is 315 g/mol. The van der Waals surface area contributed by atoms with Crippen molar-refractivity contribution in [2.24, 2.45) is 10.9 Å². The third-order valence-electron chi connectivity index (χ3n) is 3.73. The zero-order chi connectivity index (χ0) is 16.8. The molecule has 122 valence electrons. The number of amides is 4. The largest absolute Gasteiger partial charge is 0.350 e. The second-order valence-electron chi connectivity index (χ2n) is 5.45. The van der Waals surface area contributed by atoms with Crippen LogP contribution >= 0.6 is 0 Å². The highest BCUT2D eigenvalue weighted by molar-refractivity contribution is 6.23. The Bertz CT molecular complexity index is 617. The SMILES string of the molecule is C=CCNC(=O)C1=CC2=NC(=O)N(CCCCC)C(=O)C2C=C1. The van der Waals surface area contributed by atoms with Gasteiger partial charge in [-0.15, -0.1) is 6.58 Å². The first kappa shape index (κ1) is 16.9. The van der Waals surface area contributed by atoms with Crippen molar-refractivity contribution >= 4 is 23.6 Å². The van der Waals surface area contributed by atoms with Crippen LogP contribution in [0.25, 0.3) is 0 Å². The normalized spacial score (nSPS) is 19.9. The molecule has 1 atom stereocenters. The van der Waals surface area contributed by atoms with E-state index in [1.54, 1.807) is 18.2 Å². The molecule has 0 aromatic heterocycles. The van der Waals surface area contributed by atoms with Gasteiger partial charge < -0.3 is 5.32 Å². The van der Waals surface area contributed by atoms with Gasteiger partial charge in [0, 0.05) is 18.7 Å². The van der Waals surface area contributed by atoms with Gasteiger partial charge in [0.1, 0.15) is 0 Å². The van der Waals surface area contributed by atoms with Crippen LogP contribution in [0.4, 0.5) is 4.79 Å². The summed E-state index contributed by atoms with van der Waals surface area (Å²) in [6.07, 6.45) is 9.06. The van der Waals surface area contributed by atoms with Crippen LogP contribution in [0.1, 0.15) is 26.2 Å². The first-order valence-electron chi connectivity index (χ1n) is 7.81. The maximum Gasteiger partial charge on any atom is 0.350 e. The Morgan fingerprint density at radius 3 is 2.91 bits per heavy atom. The molecule has 0 aromatic rings. The molecule has 4 amide bonds. The molecule has 0 saturated carbocycles. The third-order valence-corrected chi connectivity index (χ3v) is 3.73. The van der Waals surface area contributed by atoms with E-state index in [9.17, 15) is 14.4 Å². The Labute approximate surface area is 135 Å². The van der Waals surface area contributed by atoms with E-state index in [0.717, 1.165) is 19.3 Å². The van der Waals surface area contributed by atoms with Crippen LogP contribution in [0.3, 0.4) is 0 Å². The molecule has 6 heteroatoms. The smallest absolute Gasteiger partial charge is 0.349 e. The van der Waals surface area contributed by atoms with Gasteiger partial charge in [0.2, 0.25) is 5.91 Å². The van der Waals surface area contributed by atoms with Gasteiger partial charge in [-0.25, -0.2) is 4.79 Å². The molecule has 2 aliphatic rings. The average Bonchev–Trinajstić information content (AvgIpc) is 2.55. The monoisotopic (exact) mass is 315 g/mol. The summed E-state index contributed by atoms with van der Waals surface area (Å²) in [5.41, 5.74) is 0.708. The highest BCUT2D eigenvalue weighted by Gasteiger charge is 2.36. The number of nitrogens with zero attached hydrogens (tertiary/aromatic N) is 2. The van der Waals surface area contributed by atoms with E-state index in [0.29, 0.717) is 24.4 Å². The second-order valence-corrected chi connectivity index (χ2v) is 5.45. The summed E-state index contributed by atoms with van der Waals surface area (Å²) in [5.74, 6) is -1.13. The van der Waals surface area contributed by atoms with Gasteiger partial charge >= 0.3 is 6.03 Å². The van der Waals surface area contributed by atoms with Crippen LogP contribution < -0.4 is 5.32 Å². The number of carbonyl (C=O) groups is 3. The molecule has 1 heterocycles. The van der Waals surface area contributed by atoms with Gasteiger partial charge in [0.05, 0.1) is 11.6 Å². The van der Waals surface area contributed by atoms with Crippen LogP contribution in [0.2, 0.25) is 0 Å². The van der Waals surface area contributed by atoms with Gasteiger partial charge in [0.25, 0.3) is 5.91 Å². The Morgan fingerprint density at radius 2 is 2.22 bits per heavy atom. The quantitative estimate of drug-likeness (QED) is 0.576. The lowest BCUT2D eigenvalue weighted by Crippen LogP contribution is -2.46. The number of urea groups is 1. The molecule has 0 radical (unpaired) electrons. The van der Waals surface area contributed by atoms with Crippen LogP contribution in [-0.2, 0) is 9.59 Å². The molecule has 1 aliphatic heterocycles. The van der Waals surface area contributed by atoms with Gasteiger partial charge in [-0.1, -0.05) is 38.0 Å². The van der Waals surface area contributed by atoms with Crippen molar-refractivity contribution in [1.29, 1.82) is 0 Å². The number of carbonyl (C=O) groups excluding carboxylic acids is 3. The topological polar surface area (TPSA) is 78.8 Å². The van der Waals surface area contributed by atoms with E-state index in [1.807, 2.05) is 0 Å². The minimum Gasteiger partial charge on any atom is -0.349 e. The van der Waals surface area contributed by atoms with E-state index in [-0.39, 0.29) is 11.8 Å². The Balaban J connectivity index is 2.14. The molecule has 1 unspecified atom stereocenters. The molecule has 0 bridgehead atoms. The number of rotatable bonds is 7. The Hall–Kier alpha value is -2.50. The summed E-state index contributed by atoms with van der Waals surface area (Å²) in [6, 6.07) is -0.547. The molecule has 1 N–H and O–H groups in total. The lowest BCUT2D eigenvalue weighted by molar-refractivity contribution is -0.129. The molecule has 0 saturated heterocycles. The summed E-state index contributed by atoms with van der Waals surface area (Å²) in [4.78, 5) is 41.6. The number of nitrogens with one attached hydrogen (secondary N) is 1. The van der Waals surface area contributed by atoms with Crippen molar-refractivity contribution in [2.75, 3.05) is 13.1 Å². The summed E-state index contributed by atoms with van der Waals surface area (Å²) in [6.45, 7) is 6.33. The van der Waals surface area contributed by atoms with Crippen molar-refractivity contribution in [3.8, 4) is 0 Å². The predicted molar refractivity (Wildman–Crippen MR) is 88.0 cm³/mol. The van der Waals surface area contributed by atoms with Crippen molar-refractivity contribution in [1.82, 2.24) is 10.2 Å². The zero-order valence-corrected chi connectivity index (χ0v) is 13.2. The second kappa shape index (κ2) is 7.67. The minimum atomic E-state index is -0.578. The summed E-state index contributed by atoms with van der Waals surface area (Å²) < 4.78 is 0. The summed E-state index contributed by atoms with van der Waals surface area (Å²) >= 11 is 0. The molecule has 2 rings (SSSR count). The fourth-order valence-electron chi connectivity index (χ4n) is 2.47. The van der Waals surface area contributed by atoms with E-state index in [2.05, 4.69) is 23.8 Å². The maximum absolute atomic E-state index is 12.4. The minimum absolute atomic E-state index is 0.269. The molecule has 0 spiro atoms. The highest BCUT2D eigenvalue weighted by Crippen LogP contribution is 2.22. The summed E-state index contributed by atoms with van der Waals surface area (Å²) in [5, 5.41) is 2.65. The predicted octanol–water partition coefficient (Wildman–Crippen LogP) is 1.99. The van der Waals surface area contributed by atoms with E-state index < -0.39 is 11.9 Å². The first-order chi connectivity index (χ1) is 11.1. The molecule has 0 aromatic carbocycles. The van der Waals surface area contributed by atoms with Crippen molar-refractivity contribution in [2.45, 2.75) is 26.2 Å². The van der Waals surface area contributed by atoms with E-state index in [1.165, 1.54) is 11.0 Å². The van der Waals surface area contributed by atoms with Gasteiger partial charge in [-0.3, -0.25) is 14.5 Å². The van der Waals surface area contributed by atoms with Gasteiger partial charge in [0.15, 0.2) is 0 Å². The molecule has 23 heavy (non-hydrogen) atoms. The molecule has 0 fully saturated rings. The summed E-state index contributed by atoms with van der Waals surface area (Å²) in [7, 11) is 0. The zero-order valence-electron chi connectivity index (χ0n) is 13.2. The fraction of sp³-hybridized carbons (Fsp3) is 0.412. The number of unbranched alkanes of at least 4 members (excludes halogenated alkanes) is 2. The fourth-order valence-corrected chi connectivity index (χ4v) is 2.47. The van der Waals surface area contributed by atoms with Crippen LogP contribution in [0.15, 0.2) is 41.4 Å². The number of hydrogen-bond acceptors (Lipinski definition) is 3. The third kappa shape index (κ3) is 3.83.